The summed E-state index contributed by atoms with van der Waals surface area (Å²) in [4.78, 5) is 8.46. The van der Waals surface area contributed by atoms with Crippen LogP contribution in [0.15, 0.2) is 47.1 Å². The number of hydrogen-bond donors (Lipinski definition) is 1. The molecule has 0 atom stereocenters. The van der Waals surface area contributed by atoms with Crippen molar-refractivity contribution in [2.24, 2.45) is 0 Å². The van der Waals surface area contributed by atoms with Gasteiger partial charge in [0.1, 0.15) is 5.75 Å². The predicted octanol–water partition coefficient (Wildman–Crippen LogP) is 2.44. The van der Waals surface area contributed by atoms with Gasteiger partial charge in [0.05, 0.1) is 7.11 Å². The third kappa shape index (κ3) is 3.00. The number of phenols is 1. The molecule has 6 heteroatoms. The second kappa shape index (κ2) is 5.62. The number of phenolic OH excluding ortho intramolecular Hbond substituents is 1. The Morgan fingerprint density at radius 1 is 1.14 bits per heavy atom. The number of ether oxygens (including phenoxy) is 1. The first-order chi connectivity index (χ1) is 10.2. The zero-order chi connectivity index (χ0) is 14.7. The van der Waals surface area contributed by atoms with E-state index in [2.05, 4.69) is 15.1 Å². The van der Waals surface area contributed by atoms with Crippen LogP contribution in [0, 0.1) is 0 Å². The lowest BCUT2D eigenvalue weighted by molar-refractivity contribution is 0.397. The summed E-state index contributed by atoms with van der Waals surface area (Å²) in [5.74, 6) is 1.76. The third-order valence-corrected chi connectivity index (χ3v) is 2.95. The molecule has 0 saturated heterocycles. The highest BCUT2D eigenvalue weighted by Crippen LogP contribution is 2.20. The molecule has 0 aliphatic rings. The average Bonchev–Trinajstić information content (AvgIpc) is 2.97. The Balaban J connectivity index is 1.76. The standard InChI is InChI=1S/C15H13N3O3/c1-20-14-7-2-10(9-16-14)8-13-17-15(21-18-13)11-3-5-12(19)6-4-11/h2-7,9,19H,8H2,1H3. The maximum atomic E-state index is 9.26. The molecule has 2 heterocycles. The zero-order valence-corrected chi connectivity index (χ0v) is 11.4. The van der Waals surface area contributed by atoms with Gasteiger partial charge in [0, 0.05) is 24.2 Å². The minimum atomic E-state index is 0.197. The van der Waals surface area contributed by atoms with E-state index in [1.807, 2.05) is 6.07 Å². The minimum absolute atomic E-state index is 0.197. The fourth-order valence-electron chi connectivity index (χ4n) is 1.87. The Hall–Kier alpha value is -2.89. The SMILES string of the molecule is COc1ccc(Cc2noc(-c3ccc(O)cc3)n2)cn1. The maximum absolute atomic E-state index is 9.26. The topological polar surface area (TPSA) is 81.3 Å². The van der Waals surface area contributed by atoms with E-state index in [0.29, 0.717) is 24.0 Å². The van der Waals surface area contributed by atoms with E-state index < -0.39 is 0 Å². The Morgan fingerprint density at radius 3 is 2.62 bits per heavy atom. The van der Waals surface area contributed by atoms with Crippen molar-refractivity contribution in [3.05, 3.63) is 54.0 Å². The zero-order valence-electron chi connectivity index (χ0n) is 11.4. The fraction of sp³-hybridized carbons (Fsp3) is 0.133. The van der Waals surface area contributed by atoms with Crippen molar-refractivity contribution < 1.29 is 14.4 Å². The van der Waals surface area contributed by atoms with Gasteiger partial charge in [-0.25, -0.2) is 4.98 Å². The minimum Gasteiger partial charge on any atom is -0.508 e. The Morgan fingerprint density at radius 2 is 1.95 bits per heavy atom. The molecular formula is C15H13N3O3. The lowest BCUT2D eigenvalue weighted by Gasteiger charge is -1.99. The van der Waals surface area contributed by atoms with Crippen molar-refractivity contribution in [3.8, 4) is 23.1 Å². The van der Waals surface area contributed by atoms with Crippen LogP contribution < -0.4 is 4.74 Å². The van der Waals surface area contributed by atoms with Gasteiger partial charge in [-0.05, 0) is 29.8 Å². The van der Waals surface area contributed by atoms with Gasteiger partial charge in [0.2, 0.25) is 5.88 Å². The molecule has 3 aromatic rings. The first-order valence-corrected chi connectivity index (χ1v) is 6.35. The van der Waals surface area contributed by atoms with Gasteiger partial charge in [0.15, 0.2) is 5.82 Å². The van der Waals surface area contributed by atoms with Crippen LogP contribution in [0.3, 0.4) is 0 Å². The number of aromatic hydroxyl groups is 1. The van der Waals surface area contributed by atoms with Gasteiger partial charge in [-0.1, -0.05) is 11.2 Å². The molecule has 0 radical (unpaired) electrons. The second-order valence-corrected chi connectivity index (χ2v) is 4.45. The Kier molecular flexibility index (Phi) is 3.51. The molecular weight excluding hydrogens is 270 g/mol. The van der Waals surface area contributed by atoms with E-state index >= 15 is 0 Å². The van der Waals surface area contributed by atoms with Crippen molar-refractivity contribution in [2.75, 3.05) is 7.11 Å². The molecule has 0 aliphatic carbocycles. The molecule has 106 valence electrons. The number of aromatic nitrogens is 3. The van der Waals surface area contributed by atoms with Gasteiger partial charge in [-0.15, -0.1) is 0 Å². The highest BCUT2D eigenvalue weighted by molar-refractivity contribution is 5.54. The quantitative estimate of drug-likeness (QED) is 0.792. The van der Waals surface area contributed by atoms with Crippen LogP contribution >= 0.6 is 0 Å². The summed E-state index contributed by atoms with van der Waals surface area (Å²) in [7, 11) is 1.57. The summed E-state index contributed by atoms with van der Waals surface area (Å²) < 4.78 is 10.2. The highest BCUT2D eigenvalue weighted by atomic mass is 16.5. The number of rotatable bonds is 4. The van der Waals surface area contributed by atoms with Crippen LogP contribution in [-0.4, -0.2) is 27.3 Å². The largest absolute Gasteiger partial charge is 0.508 e. The van der Waals surface area contributed by atoms with Crippen molar-refractivity contribution >= 4 is 0 Å². The maximum Gasteiger partial charge on any atom is 0.257 e. The van der Waals surface area contributed by atoms with Crippen LogP contribution in [0.2, 0.25) is 0 Å². The second-order valence-electron chi connectivity index (χ2n) is 4.45. The summed E-state index contributed by atoms with van der Waals surface area (Å²) in [6, 6.07) is 10.3. The average molecular weight is 283 g/mol. The van der Waals surface area contributed by atoms with Gasteiger partial charge in [-0.3, -0.25) is 0 Å². The van der Waals surface area contributed by atoms with Crippen molar-refractivity contribution in [1.82, 2.24) is 15.1 Å². The molecule has 21 heavy (non-hydrogen) atoms. The molecule has 1 aromatic carbocycles. The molecule has 2 aromatic heterocycles. The number of methoxy groups -OCH3 is 1. The first-order valence-electron chi connectivity index (χ1n) is 6.35. The van der Waals surface area contributed by atoms with Crippen LogP contribution in [0.4, 0.5) is 0 Å². The summed E-state index contributed by atoms with van der Waals surface area (Å²) in [6.07, 6.45) is 2.24. The Labute approximate surface area is 121 Å². The molecule has 0 bridgehead atoms. The molecule has 0 spiro atoms. The lowest BCUT2D eigenvalue weighted by atomic mass is 10.2. The molecule has 0 unspecified atom stereocenters. The van der Waals surface area contributed by atoms with Gasteiger partial charge < -0.3 is 14.4 Å². The van der Waals surface area contributed by atoms with E-state index in [4.69, 9.17) is 9.26 Å². The van der Waals surface area contributed by atoms with E-state index in [9.17, 15) is 5.11 Å². The number of nitrogens with zero attached hydrogens (tertiary/aromatic N) is 3. The highest BCUT2D eigenvalue weighted by Gasteiger charge is 2.09. The Bertz CT molecular complexity index is 721. The normalized spacial score (nSPS) is 10.5. The van der Waals surface area contributed by atoms with Crippen LogP contribution in [0.5, 0.6) is 11.6 Å². The molecule has 0 saturated carbocycles. The molecule has 3 rings (SSSR count). The van der Waals surface area contributed by atoms with Crippen LogP contribution in [0.1, 0.15) is 11.4 Å². The van der Waals surface area contributed by atoms with Gasteiger partial charge in [-0.2, -0.15) is 4.98 Å². The van der Waals surface area contributed by atoms with Crippen molar-refractivity contribution in [3.63, 3.8) is 0 Å². The van der Waals surface area contributed by atoms with Crippen LogP contribution in [-0.2, 0) is 6.42 Å². The van der Waals surface area contributed by atoms with E-state index in [0.717, 1.165) is 11.1 Å². The molecule has 1 N–H and O–H groups in total. The summed E-state index contributed by atoms with van der Waals surface area (Å²) in [5.41, 5.74) is 1.73. The van der Waals surface area contributed by atoms with Crippen LogP contribution in [0.25, 0.3) is 11.5 Å². The van der Waals surface area contributed by atoms with E-state index in [1.165, 1.54) is 0 Å². The monoisotopic (exact) mass is 283 g/mol. The summed E-state index contributed by atoms with van der Waals surface area (Å²) >= 11 is 0. The first kappa shape index (κ1) is 13.1. The summed E-state index contributed by atoms with van der Waals surface area (Å²) in [6.45, 7) is 0. The van der Waals surface area contributed by atoms with Gasteiger partial charge >= 0.3 is 0 Å². The molecule has 6 nitrogen and oxygen atoms in total. The molecule has 0 fully saturated rings. The predicted molar refractivity (Wildman–Crippen MR) is 75.0 cm³/mol. The molecule has 0 aliphatic heterocycles. The number of benzene rings is 1. The molecule has 0 amide bonds. The van der Waals surface area contributed by atoms with Crippen molar-refractivity contribution in [1.29, 1.82) is 0 Å². The number of hydrogen-bond acceptors (Lipinski definition) is 6. The van der Waals surface area contributed by atoms with Gasteiger partial charge in [0.25, 0.3) is 5.89 Å². The van der Waals surface area contributed by atoms with E-state index in [1.54, 1.807) is 43.6 Å². The smallest absolute Gasteiger partial charge is 0.257 e. The summed E-state index contributed by atoms with van der Waals surface area (Å²) in [5, 5.41) is 13.2. The third-order valence-electron chi connectivity index (χ3n) is 2.95. The fourth-order valence-corrected chi connectivity index (χ4v) is 1.87. The van der Waals surface area contributed by atoms with Crippen molar-refractivity contribution in [2.45, 2.75) is 6.42 Å². The lowest BCUT2D eigenvalue weighted by Crippen LogP contribution is -1.93. The number of pyridine rings is 1. The van der Waals surface area contributed by atoms with E-state index in [-0.39, 0.29) is 5.75 Å².